The smallest absolute Gasteiger partial charge is 0.237 e. The normalized spacial score (nSPS) is 18.4. The maximum Gasteiger partial charge on any atom is 0.237 e. The van der Waals surface area contributed by atoms with Gasteiger partial charge in [-0.15, -0.1) is 0 Å². The molecule has 21 heavy (non-hydrogen) atoms. The number of nitrogens with zero attached hydrogens (tertiary/aromatic N) is 3. The lowest BCUT2D eigenvalue weighted by Gasteiger charge is -1.99. The Balaban J connectivity index is 1.68. The molecule has 2 aliphatic rings. The highest BCUT2D eigenvalue weighted by Gasteiger charge is 2.24. The van der Waals surface area contributed by atoms with Gasteiger partial charge in [0.15, 0.2) is 5.82 Å². The number of hydrogen-bond acceptors (Lipinski definition) is 4. The fourth-order valence-corrected chi connectivity index (χ4v) is 2.60. The van der Waals surface area contributed by atoms with Crippen LogP contribution in [0.2, 0.25) is 5.02 Å². The molecule has 2 aromatic heterocycles. The van der Waals surface area contributed by atoms with Crippen LogP contribution in [0.15, 0.2) is 17.3 Å². The van der Waals surface area contributed by atoms with Gasteiger partial charge in [-0.3, -0.25) is 0 Å². The van der Waals surface area contributed by atoms with E-state index in [0.717, 1.165) is 23.4 Å². The van der Waals surface area contributed by atoms with Gasteiger partial charge in [-0.05, 0) is 30.9 Å². The highest BCUT2D eigenvalue weighted by Crippen LogP contribution is 2.35. The Morgan fingerprint density at radius 3 is 3.10 bits per heavy atom. The number of aromatic nitrogens is 3. The Hall–Kier alpha value is -2.14. The van der Waals surface area contributed by atoms with Crippen molar-refractivity contribution in [2.45, 2.75) is 19.3 Å². The van der Waals surface area contributed by atoms with Gasteiger partial charge in [0.25, 0.3) is 0 Å². The molecule has 0 saturated heterocycles. The summed E-state index contributed by atoms with van der Waals surface area (Å²) < 4.78 is 0. The molecule has 1 fully saturated rings. The van der Waals surface area contributed by atoms with E-state index in [2.05, 4.69) is 19.9 Å². The molecular formula is C15H13ClN4O. The van der Waals surface area contributed by atoms with Crippen LogP contribution in [0.25, 0.3) is 11.6 Å². The van der Waals surface area contributed by atoms with Crippen LogP contribution in [0.1, 0.15) is 29.9 Å². The molecule has 6 heteroatoms. The standard InChI is InChI=1S/C15H13ClN4O/c16-10-5-11-9(6-17-14(11)18-7-10)4-12-15(21)20-13(19-12)3-8-1-2-8/h4-8,21H,1-3H2,(H,19,20)/b9-4-. The van der Waals surface area contributed by atoms with E-state index in [0.29, 0.717) is 22.5 Å². The number of H-pyrrole nitrogens is 1. The van der Waals surface area contributed by atoms with Crippen molar-refractivity contribution in [3.63, 3.8) is 0 Å². The summed E-state index contributed by atoms with van der Waals surface area (Å²) in [5.74, 6) is 2.21. The minimum Gasteiger partial charge on any atom is -0.492 e. The molecule has 106 valence electrons. The largest absolute Gasteiger partial charge is 0.492 e. The number of fused-ring (bicyclic) bond motifs is 1. The predicted octanol–water partition coefficient (Wildman–Crippen LogP) is 3.37. The molecular weight excluding hydrogens is 288 g/mol. The lowest BCUT2D eigenvalue weighted by Crippen LogP contribution is -1.89. The fraction of sp³-hybridized carbons (Fsp3) is 0.267. The van der Waals surface area contributed by atoms with Gasteiger partial charge in [0.05, 0.1) is 5.02 Å². The molecule has 4 rings (SSSR count). The molecule has 0 atom stereocenters. The first kappa shape index (κ1) is 12.6. The van der Waals surface area contributed by atoms with Crippen LogP contribution >= 0.6 is 11.6 Å². The zero-order valence-corrected chi connectivity index (χ0v) is 11.9. The van der Waals surface area contributed by atoms with Gasteiger partial charge in [-0.1, -0.05) is 11.6 Å². The summed E-state index contributed by atoms with van der Waals surface area (Å²) in [5.41, 5.74) is 2.32. The molecule has 5 nitrogen and oxygen atoms in total. The maximum atomic E-state index is 9.95. The minimum atomic E-state index is 0.0231. The molecule has 1 aliphatic heterocycles. The molecule has 3 heterocycles. The Morgan fingerprint density at radius 2 is 2.29 bits per heavy atom. The molecule has 0 spiro atoms. The fourth-order valence-electron chi connectivity index (χ4n) is 2.44. The monoisotopic (exact) mass is 300 g/mol. The number of aromatic hydroxyl groups is 1. The van der Waals surface area contributed by atoms with E-state index >= 15 is 0 Å². The van der Waals surface area contributed by atoms with E-state index in [1.165, 1.54) is 12.8 Å². The van der Waals surface area contributed by atoms with Crippen molar-refractivity contribution in [1.29, 1.82) is 0 Å². The topological polar surface area (TPSA) is 74.2 Å². The molecule has 0 bridgehead atoms. The Morgan fingerprint density at radius 1 is 1.43 bits per heavy atom. The summed E-state index contributed by atoms with van der Waals surface area (Å²) in [6.45, 7) is 0. The van der Waals surface area contributed by atoms with E-state index < -0.39 is 0 Å². The lowest BCUT2D eigenvalue weighted by molar-refractivity contribution is 0.454. The summed E-state index contributed by atoms with van der Waals surface area (Å²) >= 11 is 5.98. The van der Waals surface area contributed by atoms with Crippen molar-refractivity contribution < 1.29 is 5.11 Å². The van der Waals surface area contributed by atoms with E-state index in [1.54, 1.807) is 12.4 Å². The number of pyridine rings is 1. The van der Waals surface area contributed by atoms with E-state index in [9.17, 15) is 5.11 Å². The van der Waals surface area contributed by atoms with Crippen molar-refractivity contribution in [3.05, 3.63) is 34.4 Å². The van der Waals surface area contributed by atoms with Crippen LogP contribution in [-0.4, -0.2) is 26.3 Å². The van der Waals surface area contributed by atoms with E-state index in [1.807, 2.05) is 12.1 Å². The SMILES string of the molecule is Oc1nc(CC2CC2)[nH]c1/C=C1/C=Nc2ncc(Cl)cc21. The molecule has 2 aromatic rings. The zero-order valence-electron chi connectivity index (χ0n) is 11.2. The first-order valence-corrected chi connectivity index (χ1v) is 7.26. The van der Waals surface area contributed by atoms with Crippen LogP contribution in [0.4, 0.5) is 5.82 Å². The summed E-state index contributed by atoms with van der Waals surface area (Å²) in [5, 5.41) is 10.5. The van der Waals surface area contributed by atoms with Crippen LogP contribution in [0.3, 0.4) is 0 Å². The number of aliphatic imine (C=N–C) groups is 1. The molecule has 0 unspecified atom stereocenters. The van der Waals surface area contributed by atoms with Gasteiger partial charge in [-0.25, -0.2) is 9.98 Å². The van der Waals surface area contributed by atoms with Crippen LogP contribution in [-0.2, 0) is 6.42 Å². The number of nitrogens with one attached hydrogen (secondary N) is 1. The summed E-state index contributed by atoms with van der Waals surface area (Å²) in [6.07, 6.45) is 8.52. The van der Waals surface area contributed by atoms with Gasteiger partial charge in [0.2, 0.25) is 5.88 Å². The van der Waals surface area contributed by atoms with Crippen LogP contribution in [0, 0.1) is 5.92 Å². The minimum absolute atomic E-state index is 0.0231. The third kappa shape index (κ3) is 2.45. The Bertz CT molecular complexity index is 774. The number of aromatic amines is 1. The highest BCUT2D eigenvalue weighted by atomic mass is 35.5. The van der Waals surface area contributed by atoms with Crippen molar-refractivity contribution in [2.75, 3.05) is 0 Å². The van der Waals surface area contributed by atoms with Gasteiger partial charge < -0.3 is 10.1 Å². The molecule has 2 N–H and O–H groups in total. The first-order valence-electron chi connectivity index (χ1n) is 6.88. The van der Waals surface area contributed by atoms with Gasteiger partial charge >= 0.3 is 0 Å². The Labute approximate surface area is 126 Å². The van der Waals surface area contributed by atoms with Gasteiger partial charge in [0, 0.05) is 30.0 Å². The van der Waals surface area contributed by atoms with Crippen molar-refractivity contribution >= 4 is 35.3 Å². The molecule has 1 saturated carbocycles. The summed E-state index contributed by atoms with van der Waals surface area (Å²) in [7, 11) is 0. The summed E-state index contributed by atoms with van der Waals surface area (Å²) in [4.78, 5) is 15.7. The number of rotatable bonds is 3. The van der Waals surface area contributed by atoms with E-state index in [4.69, 9.17) is 11.6 Å². The lowest BCUT2D eigenvalue weighted by atomic mass is 10.1. The summed E-state index contributed by atoms with van der Waals surface area (Å²) in [6, 6.07) is 1.82. The second-order valence-corrected chi connectivity index (χ2v) is 5.89. The molecule has 0 aromatic carbocycles. The van der Waals surface area contributed by atoms with Gasteiger partial charge in [0.1, 0.15) is 11.5 Å². The maximum absolute atomic E-state index is 9.95. The highest BCUT2D eigenvalue weighted by molar-refractivity contribution is 6.31. The number of imidazole rings is 1. The van der Waals surface area contributed by atoms with Gasteiger partial charge in [-0.2, -0.15) is 4.98 Å². The number of halogens is 1. The Kier molecular flexibility index (Phi) is 2.82. The number of hydrogen-bond donors (Lipinski definition) is 2. The first-order chi connectivity index (χ1) is 10.2. The second-order valence-electron chi connectivity index (χ2n) is 5.45. The molecule has 0 amide bonds. The predicted molar refractivity (Wildman–Crippen MR) is 82.0 cm³/mol. The van der Waals surface area contributed by atoms with Crippen molar-refractivity contribution in [2.24, 2.45) is 10.9 Å². The van der Waals surface area contributed by atoms with Crippen LogP contribution < -0.4 is 0 Å². The molecule has 0 radical (unpaired) electrons. The second kappa shape index (κ2) is 4.70. The zero-order chi connectivity index (χ0) is 14.4. The average Bonchev–Trinajstić information content (AvgIpc) is 3.08. The van der Waals surface area contributed by atoms with Crippen molar-refractivity contribution in [3.8, 4) is 5.88 Å². The quantitative estimate of drug-likeness (QED) is 0.912. The number of allylic oxidation sites excluding steroid dienone is 1. The van der Waals surface area contributed by atoms with Crippen molar-refractivity contribution in [1.82, 2.24) is 15.0 Å². The molecule has 1 aliphatic carbocycles. The third-order valence-electron chi connectivity index (χ3n) is 3.71. The average molecular weight is 301 g/mol. The van der Waals surface area contributed by atoms with E-state index in [-0.39, 0.29) is 5.88 Å². The third-order valence-corrected chi connectivity index (χ3v) is 3.92. The van der Waals surface area contributed by atoms with Crippen LogP contribution in [0.5, 0.6) is 5.88 Å².